The van der Waals surface area contributed by atoms with E-state index in [-0.39, 0.29) is 17.9 Å². The van der Waals surface area contributed by atoms with E-state index in [4.69, 9.17) is 10.00 Å². The molecule has 2 aromatic rings. The second kappa shape index (κ2) is 6.82. The lowest BCUT2D eigenvalue weighted by Crippen LogP contribution is -2.06. The zero-order valence-electron chi connectivity index (χ0n) is 11.5. The average Bonchev–Trinajstić information content (AvgIpc) is 2.46. The van der Waals surface area contributed by atoms with Crippen molar-refractivity contribution in [2.24, 2.45) is 0 Å². The summed E-state index contributed by atoms with van der Waals surface area (Å²) >= 11 is 0. The van der Waals surface area contributed by atoms with Crippen molar-refractivity contribution in [1.82, 2.24) is 5.32 Å². The molecule has 0 aliphatic rings. The molecular weight excluding hydrogens is 274 g/mol. The maximum Gasteiger partial charge on any atom is 0.165 e. The van der Waals surface area contributed by atoms with Gasteiger partial charge in [-0.1, -0.05) is 6.07 Å². The fourth-order valence-electron chi connectivity index (χ4n) is 1.93. The van der Waals surface area contributed by atoms with E-state index >= 15 is 0 Å². The Bertz CT molecular complexity index is 680. The minimum atomic E-state index is -0.516. The van der Waals surface area contributed by atoms with Crippen LogP contribution < -0.4 is 10.1 Å². The fourth-order valence-corrected chi connectivity index (χ4v) is 1.93. The number of nitrogens with one attached hydrogen (secondary N) is 1. The highest BCUT2D eigenvalue weighted by molar-refractivity contribution is 5.34. The molecule has 0 saturated carbocycles. The molecule has 0 aliphatic heterocycles. The van der Waals surface area contributed by atoms with Crippen LogP contribution in [0.3, 0.4) is 0 Å². The van der Waals surface area contributed by atoms with Crippen LogP contribution in [0.5, 0.6) is 5.75 Å². The molecule has 0 amide bonds. The molecule has 0 heterocycles. The van der Waals surface area contributed by atoms with Crippen molar-refractivity contribution in [2.45, 2.75) is 13.2 Å². The summed E-state index contributed by atoms with van der Waals surface area (Å²) in [6.07, 6.45) is 0. The number of halogens is 2. The number of nitriles is 1. The molecule has 0 unspecified atom stereocenters. The van der Waals surface area contributed by atoms with Crippen LogP contribution >= 0.6 is 0 Å². The van der Waals surface area contributed by atoms with E-state index in [1.807, 2.05) is 6.07 Å². The molecule has 0 atom stereocenters. The first-order valence-corrected chi connectivity index (χ1v) is 6.38. The van der Waals surface area contributed by atoms with E-state index in [1.54, 1.807) is 13.1 Å². The van der Waals surface area contributed by atoms with Gasteiger partial charge in [-0.25, -0.2) is 8.78 Å². The summed E-state index contributed by atoms with van der Waals surface area (Å²) in [5.41, 5.74) is 1.49. The summed E-state index contributed by atoms with van der Waals surface area (Å²) in [4.78, 5) is 0. The number of rotatable bonds is 5. The van der Waals surface area contributed by atoms with Crippen LogP contribution in [0.4, 0.5) is 8.78 Å². The molecule has 108 valence electrons. The highest BCUT2D eigenvalue weighted by Gasteiger charge is 2.06. The molecule has 0 radical (unpaired) electrons. The van der Waals surface area contributed by atoms with Crippen LogP contribution in [0.1, 0.15) is 16.7 Å². The number of hydrogen-bond donors (Lipinski definition) is 1. The van der Waals surface area contributed by atoms with Gasteiger partial charge in [-0.3, -0.25) is 0 Å². The molecular formula is C16H14F2N2O. The Labute approximate surface area is 121 Å². The summed E-state index contributed by atoms with van der Waals surface area (Å²) < 4.78 is 32.4. The van der Waals surface area contributed by atoms with Gasteiger partial charge in [-0.15, -0.1) is 0 Å². The Morgan fingerprint density at radius 3 is 2.62 bits per heavy atom. The highest BCUT2D eigenvalue weighted by atomic mass is 19.1. The standard InChI is InChI=1S/C16H14F2N2O/c1-20-9-11-2-3-16(15(18)7-11)21-10-13-4-12(8-19)5-14(17)6-13/h2-7,20H,9-10H2,1H3. The van der Waals surface area contributed by atoms with E-state index in [9.17, 15) is 8.78 Å². The van der Waals surface area contributed by atoms with Gasteiger partial charge in [0, 0.05) is 6.54 Å². The lowest BCUT2D eigenvalue weighted by molar-refractivity contribution is 0.289. The van der Waals surface area contributed by atoms with Crippen molar-refractivity contribution in [2.75, 3.05) is 7.05 Å². The van der Waals surface area contributed by atoms with E-state index in [0.717, 1.165) is 11.6 Å². The second-order valence-corrected chi connectivity index (χ2v) is 4.54. The van der Waals surface area contributed by atoms with E-state index < -0.39 is 11.6 Å². The number of benzene rings is 2. The lowest BCUT2D eigenvalue weighted by atomic mass is 10.1. The average molecular weight is 288 g/mol. The topological polar surface area (TPSA) is 45.0 Å². The SMILES string of the molecule is CNCc1ccc(OCc2cc(F)cc(C#N)c2)c(F)c1. The molecule has 2 rings (SSSR count). The lowest BCUT2D eigenvalue weighted by Gasteiger charge is -2.09. The van der Waals surface area contributed by atoms with E-state index in [1.165, 1.54) is 24.3 Å². The smallest absolute Gasteiger partial charge is 0.165 e. The molecule has 3 nitrogen and oxygen atoms in total. The number of nitrogens with zero attached hydrogens (tertiary/aromatic N) is 1. The molecule has 0 bridgehead atoms. The predicted octanol–water partition coefficient (Wildman–Crippen LogP) is 3.13. The molecule has 2 aromatic carbocycles. The van der Waals surface area contributed by atoms with Crippen LogP contribution in [-0.2, 0) is 13.2 Å². The number of ether oxygens (including phenoxy) is 1. The van der Waals surface area contributed by atoms with Crippen LogP contribution in [0.2, 0.25) is 0 Å². The summed E-state index contributed by atoms with van der Waals surface area (Å²) in [5, 5.41) is 11.7. The molecule has 0 spiro atoms. The Balaban J connectivity index is 2.10. The van der Waals surface area contributed by atoms with Gasteiger partial charge in [0.2, 0.25) is 0 Å². The van der Waals surface area contributed by atoms with Gasteiger partial charge < -0.3 is 10.1 Å². The third kappa shape index (κ3) is 4.01. The summed E-state index contributed by atoms with van der Waals surface area (Å²) in [5.74, 6) is -0.894. The third-order valence-corrected chi connectivity index (χ3v) is 2.86. The Morgan fingerprint density at radius 2 is 1.95 bits per heavy atom. The van der Waals surface area contributed by atoms with Crippen molar-refractivity contribution in [3.8, 4) is 11.8 Å². The molecule has 0 fully saturated rings. The Kier molecular flexibility index (Phi) is 4.85. The first kappa shape index (κ1) is 14.9. The minimum Gasteiger partial charge on any atom is -0.486 e. The minimum absolute atomic E-state index is 0.00522. The molecule has 1 N–H and O–H groups in total. The highest BCUT2D eigenvalue weighted by Crippen LogP contribution is 2.20. The quantitative estimate of drug-likeness (QED) is 0.919. The van der Waals surface area contributed by atoms with Gasteiger partial charge in [0.25, 0.3) is 0 Å². The van der Waals surface area contributed by atoms with Gasteiger partial charge in [0.05, 0.1) is 11.6 Å². The van der Waals surface area contributed by atoms with Crippen LogP contribution in [0.15, 0.2) is 36.4 Å². The number of hydrogen-bond acceptors (Lipinski definition) is 3. The Hall–Kier alpha value is -2.45. The maximum absolute atomic E-state index is 13.8. The maximum atomic E-state index is 13.8. The fraction of sp³-hybridized carbons (Fsp3) is 0.188. The summed E-state index contributed by atoms with van der Waals surface area (Å²) in [7, 11) is 1.78. The summed E-state index contributed by atoms with van der Waals surface area (Å²) in [6.45, 7) is 0.557. The van der Waals surface area contributed by atoms with Gasteiger partial charge in [-0.2, -0.15) is 5.26 Å². The summed E-state index contributed by atoms with van der Waals surface area (Å²) in [6, 6.07) is 10.4. The molecule has 0 aromatic heterocycles. The third-order valence-electron chi connectivity index (χ3n) is 2.86. The molecule has 21 heavy (non-hydrogen) atoms. The van der Waals surface area contributed by atoms with Crippen LogP contribution in [0, 0.1) is 23.0 Å². The monoisotopic (exact) mass is 288 g/mol. The van der Waals surface area contributed by atoms with Crippen molar-refractivity contribution < 1.29 is 13.5 Å². The normalized spacial score (nSPS) is 10.2. The van der Waals surface area contributed by atoms with E-state index in [0.29, 0.717) is 12.1 Å². The first-order chi connectivity index (χ1) is 10.1. The zero-order valence-corrected chi connectivity index (χ0v) is 11.5. The second-order valence-electron chi connectivity index (χ2n) is 4.54. The molecule has 5 heteroatoms. The van der Waals surface area contributed by atoms with E-state index in [2.05, 4.69) is 5.32 Å². The van der Waals surface area contributed by atoms with Crippen molar-refractivity contribution in [3.05, 3.63) is 64.7 Å². The molecule has 0 saturated heterocycles. The van der Waals surface area contributed by atoms with Crippen molar-refractivity contribution >= 4 is 0 Å². The largest absolute Gasteiger partial charge is 0.486 e. The van der Waals surface area contributed by atoms with Crippen LogP contribution in [-0.4, -0.2) is 7.05 Å². The van der Waals surface area contributed by atoms with Gasteiger partial charge >= 0.3 is 0 Å². The van der Waals surface area contributed by atoms with Crippen LogP contribution in [0.25, 0.3) is 0 Å². The van der Waals surface area contributed by atoms with Crippen molar-refractivity contribution in [1.29, 1.82) is 5.26 Å². The van der Waals surface area contributed by atoms with Gasteiger partial charge in [-0.05, 0) is 48.5 Å². The van der Waals surface area contributed by atoms with Crippen molar-refractivity contribution in [3.63, 3.8) is 0 Å². The Morgan fingerprint density at radius 1 is 1.14 bits per heavy atom. The van der Waals surface area contributed by atoms with Gasteiger partial charge in [0.15, 0.2) is 11.6 Å². The predicted molar refractivity (Wildman–Crippen MR) is 74.6 cm³/mol. The first-order valence-electron chi connectivity index (χ1n) is 6.38. The zero-order chi connectivity index (χ0) is 15.2. The van der Waals surface area contributed by atoms with Gasteiger partial charge in [0.1, 0.15) is 12.4 Å². The molecule has 0 aliphatic carbocycles.